The summed E-state index contributed by atoms with van der Waals surface area (Å²) in [5.74, 6) is 1.29. The highest BCUT2D eigenvalue weighted by Crippen LogP contribution is 2.25. The summed E-state index contributed by atoms with van der Waals surface area (Å²) in [7, 11) is 0. The van der Waals surface area contributed by atoms with Crippen molar-refractivity contribution in [1.29, 1.82) is 0 Å². The second kappa shape index (κ2) is 8.91. The van der Waals surface area contributed by atoms with E-state index in [0.29, 0.717) is 18.1 Å². The standard InChI is InChI=1S/C21H20N2O3S/c24-19-11-6-15(14-20(19)25)12-13-22-21(27)23-16-7-9-18(10-8-16)26-17-4-2-1-3-5-17/h1-11,14,24-25H,12-13H2,(H2,22,23,27). The molecule has 0 aliphatic heterocycles. The van der Waals surface area contributed by atoms with Gasteiger partial charge in [0.15, 0.2) is 16.6 Å². The van der Waals surface area contributed by atoms with E-state index in [1.54, 1.807) is 12.1 Å². The monoisotopic (exact) mass is 380 g/mol. The van der Waals surface area contributed by atoms with Crippen molar-refractivity contribution in [3.05, 3.63) is 78.4 Å². The summed E-state index contributed by atoms with van der Waals surface area (Å²) >= 11 is 5.29. The minimum Gasteiger partial charge on any atom is -0.504 e. The fourth-order valence-electron chi connectivity index (χ4n) is 2.45. The van der Waals surface area contributed by atoms with Gasteiger partial charge in [0.1, 0.15) is 11.5 Å². The predicted molar refractivity (Wildman–Crippen MR) is 111 cm³/mol. The molecular weight excluding hydrogens is 360 g/mol. The Bertz CT molecular complexity index is 899. The number of thiocarbonyl (C=S) groups is 1. The summed E-state index contributed by atoms with van der Waals surface area (Å²) < 4.78 is 5.76. The van der Waals surface area contributed by atoms with Crippen molar-refractivity contribution >= 4 is 23.0 Å². The molecule has 0 amide bonds. The van der Waals surface area contributed by atoms with Gasteiger partial charge in [0.2, 0.25) is 0 Å². The van der Waals surface area contributed by atoms with E-state index < -0.39 is 0 Å². The molecule has 0 aromatic heterocycles. The van der Waals surface area contributed by atoms with Crippen LogP contribution in [0.15, 0.2) is 72.8 Å². The summed E-state index contributed by atoms with van der Waals surface area (Å²) in [4.78, 5) is 0. The van der Waals surface area contributed by atoms with Crippen molar-refractivity contribution in [3.63, 3.8) is 0 Å². The van der Waals surface area contributed by atoms with Crippen LogP contribution in [-0.4, -0.2) is 21.9 Å². The predicted octanol–water partition coefficient (Wildman–Crippen LogP) is 4.42. The molecule has 0 fully saturated rings. The van der Waals surface area contributed by atoms with Gasteiger partial charge in [0.05, 0.1) is 0 Å². The molecule has 0 aliphatic rings. The van der Waals surface area contributed by atoms with Crippen LogP contribution >= 0.6 is 12.2 Å². The van der Waals surface area contributed by atoms with Crippen molar-refractivity contribution in [2.45, 2.75) is 6.42 Å². The Morgan fingerprint density at radius 3 is 2.26 bits per heavy atom. The number of phenolic OH excluding ortho intramolecular Hbond substituents is 2. The minimum atomic E-state index is -0.122. The second-order valence-corrected chi connectivity index (χ2v) is 6.30. The van der Waals surface area contributed by atoms with Gasteiger partial charge in [-0.2, -0.15) is 0 Å². The van der Waals surface area contributed by atoms with Crippen LogP contribution in [0.2, 0.25) is 0 Å². The molecule has 6 heteroatoms. The first-order valence-electron chi connectivity index (χ1n) is 8.49. The number of anilines is 1. The average molecular weight is 380 g/mol. The molecule has 3 rings (SSSR count). The van der Waals surface area contributed by atoms with E-state index >= 15 is 0 Å². The van der Waals surface area contributed by atoms with E-state index in [9.17, 15) is 10.2 Å². The zero-order valence-electron chi connectivity index (χ0n) is 14.6. The van der Waals surface area contributed by atoms with E-state index in [2.05, 4.69) is 10.6 Å². The van der Waals surface area contributed by atoms with Gasteiger partial charge in [-0.1, -0.05) is 24.3 Å². The largest absolute Gasteiger partial charge is 0.504 e. The van der Waals surface area contributed by atoms with E-state index in [4.69, 9.17) is 17.0 Å². The lowest BCUT2D eigenvalue weighted by Crippen LogP contribution is -2.30. The number of ether oxygens (including phenoxy) is 1. The average Bonchev–Trinajstić information content (AvgIpc) is 2.67. The molecule has 3 aromatic carbocycles. The number of aromatic hydroxyl groups is 2. The van der Waals surface area contributed by atoms with Gasteiger partial charge in [0, 0.05) is 12.2 Å². The molecule has 0 aliphatic carbocycles. The Morgan fingerprint density at radius 1 is 0.852 bits per heavy atom. The van der Waals surface area contributed by atoms with Crippen LogP contribution < -0.4 is 15.4 Å². The van der Waals surface area contributed by atoms with Crippen LogP contribution in [0.25, 0.3) is 0 Å². The molecule has 0 saturated carbocycles. The molecule has 0 unspecified atom stereocenters. The van der Waals surface area contributed by atoms with Crippen LogP contribution in [0.4, 0.5) is 5.69 Å². The maximum atomic E-state index is 9.50. The van der Waals surface area contributed by atoms with E-state index in [1.165, 1.54) is 6.07 Å². The van der Waals surface area contributed by atoms with Crippen molar-refractivity contribution < 1.29 is 14.9 Å². The number of rotatable bonds is 6. The lowest BCUT2D eigenvalue weighted by molar-refractivity contribution is 0.403. The molecule has 0 saturated heterocycles. The number of hydrogen-bond acceptors (Lipinski definition) is 4. The quantitative estimate of drug-likeness (QED) is 0.375. The fourth-order valence-corrected chi connectivity index (χ4v) is 2.67. The summed E-state index contributed by atoms with van der Waals surface area (Å²) in [5.41, 5.74) is 1.76. The van der Waals surface area contributed by atoms with Gasteiger partial charge < -0.3 is 25.6 Å². The van der Waals surface area contributed by atoms with Gasteiger partial charge in [-0.15, -0.1) is 0 Å². The normalized spacial score (nSPS) is 10.2. The summed E-state index contributed by atoms with van der Waals surface area (Å²) in [6, 6.07) is 21.9. The Morgan fingerprint density at radius 2 is 1.56 bits per heavy atom. The number of nitrogens with one attached hydrogen (secondary N) is 2. The third-order valence-corrected chi connectivity index (χ3v) is 4.08. The fraction of sp³-hybridized carbons (Fsp3) is 0.0952. The van der Waals surface area contributed by atoms with Gasteiger partial charge in [-0.05, 0) is 72.7 Å². The van der Waals surface area contributed by atoms with E-state index in [0.717, 1.165) is 22.7 Å². The first-order valence-corrected chi connectivity index (χ1v) is 8.90. The zero-order chi connectivity index (χ0) is 19.1. The maximum absolute atomic E-state index is 9.50. The molecular formula is C21H20N2O3S. The lowest BCUT2D eigenvalue weighted by atomic mass is 10.1. The summed E-state index contributed by atoms with van der Waals surface area (Å²) in [6.45, 7) is 0.602. The third kappa shape index (κ3) is 5.62. The Balaban J connectivity index is 1.45. The Kier molecular flexibility index (Phi) is 6.12. The van der Waals surface area contributed by atoms with E-state index in [-0.39, 0.29) is 11.5 Å². The molecule has 0 bridgehead atoms. The molecule has 138 valence electrons. The SMILES string of the molecule is Oc1ccc(CCNC(=S)Nc2ccc(Oc3ccccc3)cc2)cc1O. The molecule has 4 N–H and O–H groups in total. The van der Waals surface area contributed by atoms with Crippen LogP contribution in [0.3, 0.4) is 0 Å². The highest BCUT2D eigenvalue weighted by molar-refractivity contribution is 7.80. The van der Waals surface area contributed by atoms with Gasteiger partial charge in [-0.3, -0.25) is 0 Å². The summed E-state index contributed by atoms with van der Waals surface area (Å²) in [6.07, 6.45) is 0.666. The zero-order valence-corrected chi connectivity index (χ0v) is 15.4. The third-order valence-electron chi connectivity index (χ3n) is 3.83. The van der Waals surface area contributed by atoms with Crippen molar-refractivity contribution in [2.75, 3.05) is 11.9 Å². The van der Waals surface area contributed by atoms with Crippen LogP contribution in [0.1, 0.15) is 5.56 Å². The lowest BCUT2D eigenvalue weighted by Gasteiger charge is -2.12. The van der Waals surface area contributed by atoms with Gasteiger partial charge in [-0.25, -0.2) is 0 Å². The first kappa shape index (κ1) is 18.5. The van der Waals surface area contributed by atoms with E-state index in [1.807, 2.05) is 54.6 Å². The van der Waals surface area contributed by atoms with Crippen molar-refractivity contribution in [2.24, 2.45) is 0 Å². The highest BCUT2D eigenvalue weighted by atomic mass is 32.1. The number of benzene rings is 3. The minimum absolute atomic E-state index is 0.119. The molecule has 0 radical (unpaired) electrons. The van der Waals surface area contributed by atoms with Gasteiger partial charge >= 0.3 is 0 Å². The second-order valence-electron chi connectivity index (χ2n) is 5.89. The van der Waals surface area contributed by atoms with Crippen LogP contribution in [0, 0.1) is 0 Å². The smallest absolute Gasteiger partial charge is 0.170 e. The maximum Gasteiger partial charge on any atom is 0.170 e. The molecule has 5 nitrogen and oxygen atoms in total. The van der Waals surface area contributed by atoms with Crippen molar-refractivity contribution in [1.82, 2.24) is 5.32 Å². The van der Waals surface area contributed by atoms with Crippen molar-refractivity contribution in [3.8, 4) is 23.0 Å². The topological polar surface area (TPSA) is 73.8 Å². The van der Waals surface area contributed by atoms with Gasteiger partial charge in [0.25, 0.3) is 0 Å². The number of phenols is 2. The number of para-hydroxylation sites is 1. The van der Waals surface area contributed by atoms with Crippen LogP contribution in [-0.2, 0) is 6.42 Å². The molecule has 0 atom stereocenters. The first-order chi connectivity index (χ1) is 13.1. The molecule has 3 aromatic rings. The Labute approximate surface area is 163 Å². The number of hydrogen-bond donors (Lipinski definition) is 4. The van der Waals surface area contributed by atoms with Crippen LogP contribution in [0.5, 0.6) is 23.0 Å². The molecule has 0 heterocycles. The Hall–Kier alpha value is -3.25. The summed E-state index contributed by atoms with van der Waals surface area (Å²) in [5, 5.41) is 25.6. The highest BCUT2D eigenvalue weighted by Gasteiger charge is 2.02. The molecule has 0 spiro atoms. The molecule has 27 heavy (non-hydrogen) atoms.